The van der Waals surface area contributed by atoms with Crippen LogP contribution in [0.25, 0.3) is 0 Å². The molecule has 0 N–H and O–H groups in total. The average Bonchev–Trinajstić information content (AvgIpc) is 3.37. The lowest BCUT2D eigenvalue weighted by molar-refractivity contribution is -0.167. The topological polar surface area (TPSA) is 78.9 Å². The Hall–Kier alpha value is -3.15. The monoisotopic (exact) mass is 991 g/mol. The second-order valence-corrected chi connectivity index (χ2v) is 20.2. The Kier molecular flexibility index (Phi) is 56.8. The molecule has 0 saturated heterocycles. The maximum absolute atomic E-state index is 12.9. The van der Waals surface area contributed by atoms with Gasteiger partial charge in [0.25, 0.3) is 0 Å². The number of hydrogen-bond donors (Lipinski definition) is 0. The molecule has 0 aliphatic heterocycles. The highest BCUT2D eigenvalue weighted by Crippen LogP contribution is 2.15. The molecule has 0 saturated carbocycles. The molecule has 0 bridgehead atoms. The molecular formula is C65H114O6. The van der Waals surface area contributed by atoms with Crippen LogP contribution in [0.3, 0.4) is 0 Å². The highest BCUT2D eigenvalue weighted by molar-refractivity contribution is 5.71. The zero-order valence-electron chi connectivity index (χ0n) is 47.0. The minimum Gasteiger partial charge on any atom is -0.462 e. The van der Waals surface area contributed by atoms with E-state index in [1.54, 1.807) is 0 Å². The van der Waals surface area contributed by atoms with Crippen LogP contribution in [0.15, 0.2) is 72.9 Å². The zero-order chi connectivity index (χ0) is 51.4. The van der Waals surface area contributed by atoms with Gasteiger partial charge in [0, 0.05) is 19.3 Å². The fourth-order valence-electron chi connectivity index (χ4n) is 8.53. The van der Waals surface area contributed by atoms with Crippen LogP contribution >= 0.6 is 0 Å². The Morgan fingerprint density at radius 3 is 0.859 bits per heavy atom. The Morgan fingerprint density at radius 1 is 0.282 bits per heavy atom. The van der Waals surface area contributed by atoms with E-state index in [0.29, 0.717) is 19.3 Å². The summed E-state index contributed by atoms with van der Waals surface area (Å²) in [6, 6.07) is 0. The molecule has 0 fully saturated rings. The van der Waals surface area contributed by atoms with Crippen molar-refractivity contribution in [3.63, 3.8) is 0 Å². The quantitative estimate of drug-likeness (QED) is 0.0261. The molecule has 1 atom stereocenters. The van der Waals surface area contributed by atoms with E-state index < -0.39 is 6.10 Å². The van der Waals surface area contributed by atoms with E-state index in [1.165, 1.54) is 173 Å². The summed E-state index contributed by atoms with van der Waals surface area (Å²) in [7, 11) is 0. The van der Waals surface area contributed by atoms with Crippen molar-refractivity contribution in [2.45, 2.75) is 309 Å². The van der Waals surface area contributed by atoms with Crippen molar-refractivity contribution < 1.29 is 28.6 Å². The largest absolute Gasteiger partial charge is 0.462 e. The minimum atomic E-state index is -0.793. The van der Waals surface area contributed by atoms with Gasteiger partial charge in [0.1, 0.15) is 13.2 Å². The van der Waals surface area contributed by atoms with E-state index in [9.17, 15) is 14.4 Å². The number of carbonyl (C=O) groups excluding carboxylic acids is 3. The van der Waals surface area contributed by atoms with Gasteiger partial charge < -0.3 is 14.2 Å². The molecule has 0 aliphatic rings. The third kappa shape index (κ3) is 57.6. The van der Waals surface area contributed by atoms with Crippen molar-refractivity contribution in [3.05, 3.63) is 72.9 Å². The maximum atomic E-state index is 12.9. The van der Waals surface area contributed by atoms with Gasteiger partial charge in [0.05, 0.1) is 0 Å². The summed E-state index contributed by atoms with van der Waals surface area (Å²) in [5.74, 6) is -0.919. The molecular weight excluding hydrogens is 877 g/mol. The zero-order valence-corrected chi connectivity index (χ0v) is 47.0. The SMILES string of the molecule is CCCCC/C=C\C/C=C\C/C=C\C/C=C\CCCCCC(=O)OC[C@H](COC(=O)CCCCCCC/C=C\CCCCCC)OC(=O)CCCCCCCCCCCCC/C=C\CCCCCCCC. The number of ether oxygens (including phenoxy) is 3. The lowest BCUT2D eigenvalue weighted by Crippen LogP contribution is -2.30. The first kappa shape index (κ1) is 67.8. The van der Waals surface area contributed by atoms with Gasteiger partial charge in [-0.2, -0.15) is 0 Å². The van der Waals surface area contributed by atoms with Crippen LogP contribution in [-0.2, 0) is 28.6 Å². The Balaban J connectivity index is 4.40. The molecule has 0 aromatic heterocycles. The van der Waals surface area contributed by atoms with Gasteiger partial charge >= 0.3 is 17.9 Å². The normalized spacial score (nSPS) is 12.5. The van der Waals surface area contributed by atoms with Crippen LogP contribution in [0.5, 0.6) is 0 Å². The summed E-state index contributed by atoms with van der Waals surface area (Å²) in [6.45, 7) is 6.58. The van der Waals surface area contributed by atoms with E-state index in [0.717, 1.165) is 89.9 Å². The molecule has 0 amide bonds. The van der Waals surface area contributed by atoms with Gasteiger partial charge in [-0.05, 0) is 116 Å². The highest BCUT2D eigenvalue weighted by atomic mass is 16.6. The lowest BCUT2D eigenvalue weighted by Gasteiger charge is -2.18. The molecule has 0 aliphatic carbocycles. The average molecular weight is 992 g/mol. The van der Waals surface area contributed by atoms with Gasteiger partial charge in [0.15, 0.2) is 6.10 Å². The summed E-state index contributed by atoms with van der Waals surface area (Å²) in [4.78, 5) is 38.2. The predicted octanol–water partition coefficient (Wildman–Crippen LogP) is 20.5. The molecule has 0 unspecified atom stereocenters. The first-order chi connectivity index (χ1) is 35.0. The van der Waals surface area contributed by atoms with Gasteiger partial charge in [0.2, 0.25) is 0 Å². The van der Waals surface area contributed by atoms with Crippen molar-refractivity contribution in [1.82, 2.24) is 0 Å². The minimum absolute atomic E-state index is 0.0892. The Bertz CT molecular complexity index is 1320. The van der Waals surface area contributed by atoms with Gasteiger partial charge in [-0.3, -0.25) is 14.4 Å². The molecule has 0 rings (SSSR count). The van der Waals surface area contributed by atoms with Crippen LogP contribution in [0.1, 0.15) is 303 Å². The lowest BCUT2D eigenvalue weighted by atomic mass is 10.0. The summed E-state index contributed by atoms with van der Waals surface area (Å²) >= 11 is 0. The smallest absolute Gasteiger partial charge is 0.306 e. The summed E-state index contributed by atoms with van der Waals surface area (Å²) in [5.41, 5.74) is 0. The summed E-state index contributed by atoms with van der Waals surface area (Å²) in [6.07, 6.45) is 76.1. The number of esters is 3. The van der Waals surface area contributed by atoms with Crippen molar-refractivity contribution in [2.24, 2.45) is 0 Å². The molecule has 6 nitrogen and oxygen atoms in total. The first-order valence-electron chi connectivity index (χ1n) is 30.4. The summed E-state index contributed by atoms with van der Waals surface area (Å²) < 4.78 is 16.9. The molecule has 0 spiro atoms. The van der Waals surface area contributed by atoms with Crippen LogP contribution in [0, 0.1) is 0 Å². The molecule has 410 valence electrons. The van der Waals surface area contributed by atoms with Gasteiger partial charge in [-0.15, -0.1) is 0 Å². The number of allylic oxidation sites excluding steroid dienone is 12. The van der Waals surface area contributed by atoms with Crippen molar-refractivity contribution in [2.75, 3.05) is 13.2 Å². The van der Waals surface area contributed by atoms with Gasteiger partial charge in [-0.25, -0.2) is 0 Å². The predicted molar refractivity (Wildman–Crippen MR) is 307 cm³/mol. The number of unbranched alkanes of at least 4 members (excludes halogenated alkanes) is 32. The molecule has 0 radical (unpaired) electrons. The van der Waals surface area contributed by atoms with Crippen molar-refractivity contribution in [3.8, 4) is 0 Å². The second kappa shape index (κ2) is 59.4. The maximum Gasteiger partial charge on any atom is 0.306 e. The third-order valence-corrected chi connectivity index (χ3v) is 13.2. The van der Waals surface area contributed by atoms with E-state index in [-0.39, 0.29) is 31.1 Å². The Morgan fingerprint density at radius 2 is 0.507 bits per heavy atom. The van der Waals surface area contributed by atoms with E-state index >= 15 is 0 Å². The van der Waals surface area contributed by atoms with Crippen LogP contribution in [-0.4, -0.2) is 37.2 Å². The fraction of sp³-hybridized carbons (Fsp3) is 0.769. The molecule has 0 heterocycles. The van der Waals surface area contributed by atoms with Gasteiger partial charge in [-0.1, -0.05) is 241 Å². The third-order valence-electron chi connectivity index (χ3n) is 13.2. The van der Waals surface area contributed by atoms with Crippen molar-refractivity contribution in [1.29, 1.82) is 0 Å². The number of hydrogen-bond acceptors (Lipinski definition) is 6. The second-order valence-electron chi connectivity index (χ2n) is 20.2. The van der Waals surface area contributed by atoms with E-state index in [1.807, 2.05) is 0 Å². The number of carbonyl (C=O) groups is 3. The van der Waals surface area contributed by atoms with Crippen LogP contribution in [0.4, 0.5) is 0 Å². The molecule has 0 aromatic carbocycles. The molecule has 71 heavy (non-hydrogen) atoms. The molecule has 6 heteroatoms. The highest BCUT2D eigenvalue weighted by Gasteiger charge is 2.19. The van der Waals surface area contributed by atoms with Crippen LogP contribution in [0.2, 0.25) is 0 Å². The fourth-order valence-corrected chi connectivity index (χ4v) is 8.53. The first-order valence-corrected chi connectivity index (χ1v) is 30.4. The molecule has 0 aromatic rings. The van der Waals surface area contributed by atoms with E-state index in [4.69, 9.17) is 14.2 Å². The number of rotatable bonds is 55. The van der Waals surface area contributed by atoms with Crippen molar-refractivity contribution >= 4 is 17.9 Å². The van der Waals surface area contributed by atoms with E-state index in [2.05, 4.69) is 93.7 Å². The Labute approximate surface area is 440 Å². The van der Waals surface area contributed by atoms with Crippen LogP contribution < -0.4 is 0 Å². The standard InChI is InChI=1S/C65H114O6/c1-4-7-10-13-16-19-22-25-27-29-31-32-34-36-38-41-44-47-50-53-56-59-65(68)71-62(60-69-63(66)57-54-51-48-45-42-39-24-21-18-15-12-9-6-3)61-70-64(67)58-55-52-49-46-43-40-37-35-33-30-28-26-23-20-17-14-11-8-5-2/h17,20-21,24-28,33,35,40,43,62H,4-16,18-19,22-23,29-32,34,36-39,41-42,44-61H2,1-3H3/b20-17-,24-21-,27-25-,28-26-,35-33-,43-40-/t62-/m0/s1. The summed E-state index contributed by atoms with van der Waals surface area (Å²) in [5, 5.41) is 0.